The summed E-state index contributed by atoms with van der Waals surface area (Å²) < 4.78 is 6.65. The van der Waals surface area contributed by atoms with Crippen LogP contribution in [0.15, 0.2) is 30.3 Å². The standard InChI is InChI=1S/C10H10O.Cr/c1-2-5-9(6-3-1)10-7-4-8-11-10;/h1-3,5-6,10H,4,7H2;. The Morgan fingerprint density at radius 3 is 2.58 bits per heavy atom. The third-order valence-corrected chi connectivity index (χ3v) is 2.52. The molecule has 0 aromatic heterocycles. The summed E-state index contributed by atoms with van der Waals surface area (Å²) in [5.74, 6) is 0. The van der Waals surface area contributed by atoms with Crippen molar-refractivity contribution < 1.29 is 20.6 Å². The summed E-state index contributed by atoms with van der Waals surface area (Å²) in [6, 6.07) is 10.4. The van der Waals surface area contributed by atoms with Crippen LogP contribution in [0.4, 0.5) is 0 Å². The van der Waals surface area contributed by atoms with Gasteiger partial charge in [-0.15, -0.1) is 0 Å². The molecule has 0 bridgehead atoms. The minimum absolute atomic E-state index is 0.280. The first kappa shape index (κ1) is 8.19. The molecule has 0 N–H and O–H groups in total. The van der Waals surface area contributed by atoms with Crippen LogP contribution in [-0.4, -0.2) is 4.57 Å². The van der Waals surface area contributed by atoms with E-state index in [4.69, 9.17) is 4.74 Å². The van der Waals surface area contributed by atoms with Crippen molar-refractivity contribution in [3.63, 3.8) is 0 Å². The Morgan fingerprint density at radius 2 is 2.00 bits per heavy atom. The summed E-state index contributed by atoms with van der Waals surface area (Å²) in [5, 5.41) is 0. The zero-order valence-electron chi connectivity index (χ0n) is 6.69. The molecule has 0 aliphatic carbocycles. The van der Waals surface area contributed by atoms with Crippen LogP contribution >= 0.6 is 0 Å². The van der Waals surface area contributed by atoms with E-state index in [-0.39, 0.29) is 6.10 Å². The number of hydrogen-bond acceptors (Lipinski definition) is 1. The van der Waals surface area contributed by atoms with Gasteiger partial charge in [0.15, 0.2) is 0 Å². The number of hydrogen-bond donors (Lipinski definition) is 0. The second-order valence-electron chi connectivity index (χ2n) is 2.93. The van der Waals surface area contributed by atoms with Crippen molar-refractivity contribution in [3.8, 4) is 0 Å². The summed E-state index contributed by atoms with van der Waals surface area (Å²) >= 11 is 2.93. The average Bonchev–Trinajstić information content (AvgIpc) is 2.54. The van der Waals surface area contributed by atoms with Crippen LogP contribution in [0.25, 0.3) is 0 Å². The summed E-state index contributed by atoms with van der Waals surface area (Å²) in [4.78, 5) is 0. The van der Waals surface area contributed by atoms with Gasteiger partial charge in [0, 0.05) is 0 Å². The van der Waals surface area contributed by atoms with Crippen LogP contribution in [0.1, 0.15) is 24.5 Å². The Kier molecular flexibility index (Phi) is 2.41. The molecule has 0 radical (unpaired) electrons. The molecule has 1 heterocycles. The molecule has 2 heteroatoms. The predicted octanol–water partition coefficient (Wildman–Crippen LogP) is 2.21. The molecule has 1 fully saturated rings. The molecule has 1 unspecified atom stereocenters. The van der Waals surface area contributed by atoms with E-state index in [0.29, 0.717) is 0 Å². The molecule has 1 aromatic carbocycles. The van der Waals surface area contributed by atoms with Crippen molar-refractivity contribution in [1.29, 1.82) is 0 Å². The molecule has 62 valence electrons. The van der Waals surface area contributed by atoms with E-state index in [2.05, 4.69) is 40.1 Å². The molecular weight excluding hydrogens is 188 g/mol. The van der Waals surface area contributed by atoms with E-state index in [0.717, 1.165) is 17.4 Å². The molecule has 1 aliphatic heterocycles. The minimum atomic E-state index is 0.280. The van der Waals surface area contributed by atoms with Crippen LogP contribution in [0, 0.1) is 0 Å². The van der Waals surface area contributed by atoms with Gasteiger partial charge in [-0.3, -0.25) is 0 Å². The fraction of sp³-hybridized carbons (Fsp3) is 0.300. The topological polar surface area (TPSA) is 9.23 Å². The van der Waals surface area contributed by atoms with E-state index in [1.807, 2.05) is 6.07 Å². The van der Waals surface area contributed by atoms with Crippen LogP contribution in [0.3, 0.4) is 0 Å². The summed E-state index contributed by atoms with van der Waals surface area (Å²) in [5.41, 5.74) is 1.28. The number of ether oxygens (including phenoxy) is 1. The monoisotopic (exact) mass is 198 g/mol. The summed E-state index contributed by atoms with van der Waals surface area (Å²) in [7, 11) is 0. The van der Waals surface area contributed by atoms with Crippen LogP contribution in [-0.2, 0) is 20.6 Å². The van der Waals surface area contributed by atoms with Gasteiger partial charge in [-0.25, -0.2) is 0 Å². The van der Waals surface area contributed by atoms with Gasteiger partial charge in [-0.05, 0) is 0 Å². The van der Waals surface area contributed by atoms with Gasteiger partial charge >= 0.3 is 80.0 Å². The second kappa shape index (κ2) is 3.53. The van der Waals surface area contributed by atoms with Crippen molar-refractivity contribution >= 4 is 4.57 Å². The van der Waals surface area contributed by atoms with Crippen LogP contribution in [0.5, 0.6) is 0 Å². The van der Waals surface area contributed by atoms with E-state index in [9.17, 15) is 0 Å². The number of rotatable bonds is 1. The van der Waals surface area contributed by atoms with Crippen LogP contribution in [0.2, 0.25) is 0 Å². The third-order valence-electron chi connectivity index (χ3n) is 2.06. The molecule has 1 saturated heterocycles. The summed E-state index contributed by atoms with van der Waals surface area (Å²) in [6.45, 7) is 0. The SMILES string of the molecule is [Cr]=[C]1CCC(c2ccccc2)O1. The first-order valence-corrected chi connectivity index (χ1v) is 4.74. The fourth-order valence-electron chi connectivity index (χ4n) is 1.43. The van der Waals surface area contributed by atoms with Gasteiger partial charge in [-0.2, -0.15) is 0 Å². The Bertz CT molecular complexity index is 281. The van der Waals surface area contributed by atoms with Gasteiger partial charge in [0.25, 0.3) is 0 Å². The fourth-order valence-corrected chi connectivity index (χ4v) is 1.79. The maximum atomic E-state index is 5.61. The van der Waals surface area contributed by atoms with Gasteiger partial charge < -0.3 is 0 Å². The molecule has 1 nitrogen and oxygen atoms in total. The quantitative estimate of drug-likeness (QED) is 0.672. The Hall–Kier alpha value is -0.418. The van der Waals surface area contributed by atoms with Crippen molar-refractivity contribution in [3.05, 3.63) is 35.9 Å². The van der Waals surface area contributed by atoms with E-state index >= 15 is 0 Å². The Labute approximate surface area is 80.3 Å². The molecule has 1 aliphatic rings. The van der Waals surface area contributed by atoms with Crippen LogP contribution < -0.4 is 0 Å². The van der Waals surface area contributed by atoms with Crippen molar-refractivity contribution in [2.24, 2.45) is 0 Å². The zero-order valence-corrected chi connectivity index (χ0v) is 7.97. The normalized spacial score (nSPS) is 23.0. The average molecular weight is 198 g/mol. The van der Waals surface area contributed by atoms with Gasteiger partial charge in [0.1, 0.15) is 0 Å². The van der Waals surface area contributed by atoms with Crippen molar-refractivity contribution in [2.45, 2.75) is 18.9 Å². The molecule has 1 atom stereocenters. The van der Waals surface area contributed by atoms with E-state index in [1.165, 1.54) is 5.56 Å². The molecule has 2 rings (SSSR count). The van der Waals surface area contributed by atoms with E-state index < -0.39 is 0 Å². The molecule has 1 aromatic rings. The molecule has 0 amide bonds. The van der Waals surface area contributed by atoms with Crippen molar-refractivity contribution in [2.75, 3.05) is 0 Å². The second-order valence-corrected chi connectivity index (χ2v) is 3.64. The molecule has 12 heavy (non-hydrogen) atoms. The molecule has 0 spiro atoms. The number of benzene rings is 1. The zero-order chi connectivity index (χ0) is 8.39. The molecule has 0 saturated carbocycles. The maximum absolute atomic E-state index is 5.61. The Balaban J connectivity index is 2.16. The van der Waals surface area contributed by atoms with E-state index in [1.54, 1.807) is 0 Å². The first-order chi connectivity index (χ1) is 5.86. The van der Waals surface area contributed by atoms with Gasteiger partial charge in [-0.1, -0.05) is 0 Å². The summed E-state index contributed by atoms with van der Waals surface area (Å²) in [6.07, 6.45) is 2.44. The molecular formula is C10H10CrO. The van der Waals surface area contributed by atoms with Gasteiger partial charge in [0.05, 0.1) is 0 Å². The predicted molar refractivity (Wildman–Crippen MR) is 44.5 cm³/mol. The van der Waals surface area contributed by atoms with Gasteiger partial charge in [0.2, 0.25) is 0 Å². The van der Waals surface area contributed by atoms with Crippen molar-refractivity contribution in [1.82, 2.24) is 0 Å². The first-order valence-electron chi connectivity index (χ1n) is 4.11. The Morgan fingerprint density at radius 1 is 1.25 bits per heavy atom. The third kappa shape index (κ3) is 1.67.